The van der Waals surface area contributed by atoms with E-state index in [1.807, 2.05) is 42.5 Å². The summed E-state index contributed by atoms with van der Waals surface area (Å²) in [5.74, 6) is 1.20. The molecule has 2 aromatic carbocycles. The molecular formula is C21H23IN2O5. The molecule has 154 valence electrons. The molecule has 0 saturated carbocycles. The minimum Gasteiger partial charge on any atom is -0.497 e. The Morgan fingerprint density at radius 1 is 1.14 bits per heavy atom. The number of β-lactam (4-membered cyclic amide) rings is 1. The van der Waals surface area contributed by atoms with Crippen LogP contribution >= 0.6 is 22.6 Å². The summed E-state index contributed by atoms with van der Waals surface area (Å²) >= 11 is 2.22. The Bertz CT molecular complexity index is 861. The highest BCUT2D eigenvalue weighted by Crippen LogP contribution is 2.30. The van der Waals surface area contributed by atoms with Crippen molar-refractivity contribution in [2.75, 3.05) is 18.6 Å². The van der Waals surface area contributed by atoms with Crippen molar-refractivity contribution in [1.29, 1.82) is 0 Å². The fraction of sp³-hybridized carbons (Fsp3) is 0.333. The molecule has 8 heteroatoms. The fourth-order valence-corrected chi connectivity index (χ4v) is 4.17. The van der Waals surface area contributed by atoms with Crippen molar-refractivity contribution in [3.05, 3.63) is 59.7 Å². The largest absolute Gasteiger partial charge is 0.497 e. The van der Waals surface area contributed by atoms with Crippen LogP contribution in [0.1, 0.15) is 11.1 Å². The van der Waals surface area contributed by atoms with Gasteiger partial charge in [-0.05, 0) is 17.7 Å². The number of methoxy groups -OCH3 is 2. The molecule has 0 bridgehead atoms. The van der Waals surface area contributed by atoms with Gasteiger partial charge in [-0.15, -0.1) is 0 Å². The minimum atomic E-state index is -0.594. The van der Waals surface area contributed by atoms with E-state index in [2.05, 4.69) is 27.9 Å². The second kappa shape index (κ2) is 9.82. The number of carbonyl (C=O) groups excluding carboxylic acids is 2. The van der Waals surface area contributed by atoms with Gasteiger partial charge in [-0.25, -0.2) is 4.79 Å². The monoisotopic (exact) mass is 510 g/mol. The molecule has 1 N–H and O–H groups in total. The summed E-state index contributed by atoms with van der Waals surface area (Å²) in [4.78, 5) is 26.5. The number of nitrogens with zero attached hydrogens (tertiary/aromatic N) is 1. The zero-order valence-electron chi connectivity index (χ0n) is 16.3. The average molecular weight is 510 g/mol. The van der Waals surface area contributed by atoms with Gasteiger partial charge in [-0.2, -0.15) is 0 Å². The molecule has 2 atom stereocenters. The quantitative estimate of drug-likeness (QED) is 0.336. The third-order valence-electron chi connectivity index (χ3n) is 4.81. The van der Waals surface area contributed by atoms with Gasteiger partial charge in [0.05, 0.1) is 20.3 Å². The van der Waals surface area contributed by atoms with Gasteiger partial charge >= 0.3 is 6.09 Å². The fourth-order valence-electron chi connectivity index (χ4n) is 3.19. The van der Waals surface area contributed by atoms with Crippen molar-refractivity contribution in [2.24, 2.45) is 0 Å². The molecule has 1 fully saturated rings. The Morgan fingerprint density at radius 2 is 1.90 bits per heavy atom. The van der Waals surface area contributed by atoms with Crippen LogP contribution in [0.3, 0.4) is 0 Å². The number of rotatable bonds is 8. The highest BCUT2D eigenvalue weighted by atomic mass is 127. The first-order valence-corrected chi connectivity index (χ1v) is 10.6. The Hall–Kier alpha value is -2.49. The number of halogens is 1. The predicted octanol–water partition coefficient (Wildman–Crippen LogP) is 3.14. The summed E-state index contributed by atoms with van der Waals surface area (Å²) in [5, 5.41) is 2.69. The molecule has 1 aliphatic heterocycles. The summed E-state index contributed by atoms with van der Waals surface area (Å²) in [6.45, 7) is 0.562. The van der Waals surface area contributed by atoms with Crippen molar-refractivity contribution in [2.45, 2.75) is 25.2 Å². The summed E-state index contributed by atoms with van der Waals surface area (Å²) in [6.07, 6.45) is -0.594. The number of alkyl halides is 1. The van der Waals surface area contributed by atoms with Gasteiger partial charge in [0.2, 0.25) is 5.91 Å². The minimum absolute atomic E-state index is 0.112. The first-order chi connectivity index (χ1) is 14.1. The molecule has 1 heterocycles. The zero-order valence-corrected chi connectivity index (χ0v) is 18.4. The lowest BCUT2D eigenvalue weighted by Crippen LogP contribution is -2.70. The maximum atomic E-state index is 12.7. The highest BCUT2D eigenvalue weighted by Gasteiger charge is 2.47. The molecule has 1 saturated heterocycles. The molecular weight excluding hydrogens is 487 g/mol. The molecule has 2 aromatic rings. The van der Waals surface area contributed by atoms with E-state index in [4.69, 9.17) is 14.2 Å². The predicted molar refractivity (Wildman–Crippen MR) is 116 cm³/mol. The number of amides is 2. The van der Waals surface area contributed by atoms with Gasteiger partial charge in [0.1, 0.15) is 24.1 Å². The Labute approximate surface area is 183 Å². The Kier molecular flexibility index (Phi) is 7.18. The number of ether oxygens (including phenoxy) is 3. The zero-order chi connectivity index (χ0) is 20.8. The van der Waals surface area contributed by atoms with Gasteiger partial charge in [-0.3, -0.25) is 4.79 Å². The van der Waals surface area contributed by atoms with Gasteiger partial charge < -0.3 is 24.4 Å². The molecule has 2 amide bonds. The maximum absolute atomic E-state index is 12.7. The molecule has 7 nitrogen and oxygen atoms in total. The first-order valence-electron chi connectivity index (χ1n) is 9.12. The van der Waals surface area contributed by atoms with Crippen molar-refractivity contribution in [3.8, 4) is 11.5 Å². The molecule has 1 aliphatic rings. The van der Waals surface area contributed by atoms with Crippen LogP contribution in [-0.2, 0) is 22.7 Å². The SMILES string of the molecule is COc1ccc(CN2C(=O)C(NC(=O)OCc3ccccc3)C2CI)c(OC)c1. The Morgan fingerprint density at radius 3 is 2.55 bits per heavy atom. The summed E-state index contributed by atoms with van der Waals surface area (Å²) in [5.41, 5.74) is 1.77. The topological polar surface area (TPSA) is 77.1 Å². The van der Waals surface area contributed by atoms with E-state index >= 15 is 0 Å². The molecule has 0 aliphatic carbocycles. The van der Waals surface area contributed by atoms with E-state index in [0.29, 0.717) is 22.5 Å². The van der Waals surface area contributed by atoms with Crippen LogP contribution < -0.4 is 14.8 Å². The molecule has 0 spiro atoms. The molecule has 3 rings (SSSR count). The van der Waals surface area contributed by atoms with Crippen molar-refractivity contribution >= 4 is 34.6 Å². The van der Waals surface area contributed by atoms with Crippen LogP contribution in [0.2, 0.25) is 0 Å². The lowest BCUT2D eigenvalue weighted by atomic mass is 9.95. The van der Waals surface area contributed by atoms with Crippen LogP contribution in [0.25, 0.3) is 0 Å². The summed E-state index contributed by atoms with van der Waals surface area (Å²) < 4.78 is 16.6. The van der Waals surface area contributed by atoms with Crippen molar-refractivity contribution in [3.63, 3.8) is 0 Å². The van der Waals surface area contributed by atoms with E-state index in [-0.39, 0.29) is 18.6 Å². The van der Waals surface area contributed by atoms with Gasteiger partial charge in [0.15, 0.2) is 0 Å². The summed E-state index contributed by atoms with van der Waals surface area (Å²) in [6, 6.07) is 14.2. The number of hydrogen-bond acceptors (Lipinski definition) is 5. The smallest absolute Gasteiger partial charge is 0.408 e. The van der Waals surface area contributed by atoms with Crippen LogP contribution in [-0.4, -0.2) is 47.6 Å². The number of likely N-dealkylation sites (tertiary alicyclic amines) is 1. The third-order valence-corrected chi connectivity index (χ3v) is 5.72. The van der Waals surface area contributed by atoms with E-state index in [0.717, 1.165) is 11.1 Å². The summed E-state index contributed by atoms with van der Waals surface area (Å²) in [7, 11) is 3.17. The van der Waals surface area contributed by atoms with E-state index < -0.39 is 12.1 Å². The number of benzene rings is 2. The van der Waals surface area contributed by atoms with Crippen LogP contribution in [0.5, 0.6) is 11.5 Å². The highest BCUT2D eigenvalue weighted by molar-refractivity contribution is 14.1. The second-order valence-corrected chi connectivity index (χ2v) is 7.43. The molecule has 0 aromatic heterocycles. The van der Waals surface area contributed by atoms with Crippen LogP contribution in [0.15, 0.2) is 48.5 Å². The van der Waals surface area contributed by atoms with Gasteiger partial charge in [-0.1, -0.05) is 52.9 Å². The van der Waals surface area contributed by atoms with Crippen molar-refractivity contribution < 1.29 is 23.8 Å². The van der Waals surface area contributed by atoms with Gasteiger partial charge in [0.25, 0.3) is 0 Å². The number of carbonyl (C=O) groups is 2. The normalized spacial score (nSPS) is 18.0. The van der Waals surface area contributed by atoms with E-state index in [1.165, 1.54) is 0 Å². The molecule has 0 radical (unpaired) electrons. The number of alkyl carbamates (subject to hydrolysis) is 1. The van der Waals surface area contributed by atoms with E-state index in [9.17, 15) is 9.59 Å². The van der Waals surface area contributed by atoms with Crippen LogP contribution in [0.4, 0.5) is 4.79 Å². The van der Waals surface area contributed by atoms with Crippen LogP contribution in [0, 0.1) is 0 Å². The second-order valence-electron chi connectivity index (χ2n) is 6.55. The third kappa shape index (κ3) is 4.92. The first kappa shape index (κ1) is 21.2. The lowest BCUT2D eigenvalue weighted by Gasteiger charge is -2.46. The molecule has 2 unspecified atom stereocenters. The Balaban J connectivity index is 1.59. The molecule has 29 heavy (non-hydrogen) atoms. The maximum Gasteiger partial charge on any atom is 0.408 e. The average Bonchev–Trinajstić information content (AvgIpc) is 2.77. The van der Waals surface area contributed by atoms with Gasteiger partial charge in [0, 0.05) is 22.6 Å². The lowest BCUT2D eigenvalue weighted by molar-refractivity contribution is -0.150. The van der Waals surface area contributed by atoms with E-state index in [1.54, 1.807) is 25.2 Å². The standard InChI is InChI=1S/C21H23IN2O5/c1-27-16-9-8-15(18(10-16)28-2)12-24-17(11-22)19(20(24)25)23-21(26)29-13-14-6-4-3-5-7-14/h3-10,17,19H,11-13H2,1-2H3,(H,23,26). The van der Waals surface area contributed by atoms with Crippen molar-refractivity contribution in [1.82, 2.24) is 10.2 Å². The number of hydrogen-bond donors (Lipinski definition) is 1. The number of nitrogens with one attached hydrogen (secondary N) is 1.